The Balaban J connectivity index is 1.87. The van der Waals surface area contributed by atoms with E-state index < -0.39 is 17.2 Å². The van der Waals surface area contributed by atoms with Gasteiger partial charge in [-0.25, -0.2) is 23.7 Å². The zero-order chi connectivity index (χ0) is 18.8. The smallest absolute Gasteiger partial charge is 0.248 e. The maximum Gasteiger partial charge on any atom is 0.248 e. The van der Waals surface area contributed by atoms with Crippen LogP contribution in [0.15, 0.2) is 60.2 Å². The third-order valence-electron chi connectivity index (χ3n) is 3.99. The number of hydrogen-bond acceptors (Lipinski definition) is 6. The fourth-order valence-corrected chi connectivity index (χ4v) is 2.79. The van der Waals surface area contributed by atoms with E-state index in [0.717, 1.165) is 6.07 Å². The van der Waals surface area contributed by atoms with Crippen LogP contribution in [0.25, 0.3) is 10.9 Å². The third kappa shape index (κ3) is 3.22. The Bertz CT molecular complexity index is 1110. The second-order valence-corrected chi connectivity index (χ2v) is 5.66. The van der Waals surface area contributed by atoms with Crippen molar-refractivity contribution in [1.82, 2.24) is 24.9 Å². The van der Waals surface area contributed by atoms with Crippen molar-refractivity contribution in [2.75, 3.05) is 4.90 Å². The van der Waals surface area contributed by atoms with Crippen LogP contribution < -0.4 is 10.5 Å². The van der Waals surface area contributed by atoms with E-state index in [2.05, 4.69) is 24.9 Å². The van der Waals surface area contributed by atoms with Gasteiger partial charge in [-0.15, -0.1) is 0 Å². The van der Waals surface area contributed by atoms with Gasteiger partial charge >= 0.3 is 0 Å². The number of aromatic nitrogens is 5. The van der Waals surface area contributed by atoms with Crippen molar-refractivity contribution in [3.05, 3.63) is 82.9 Å². The molecule has 0 fully saturated rings. The summed E-state index contributed by atoms with van der Waals surface area (Å²) in [5.74, 6) is -1.13. The lowest BCUT2D eigenvalue weighted by Gasteiger charge is -2.22. The first kappa shape index (κ1) is 16.7. The summed E-state index contributed by atoms with van der Waals surface area (Å²) in [6, 6.07) is 5.46. The monoisotopic (exact) mass is 366 g/mol. The predicted octanol–water partition coefficient (Wildman–Crippen LogP) is 2.72. The molecule has 3 heterocycles. The maximum absolute atomic E-state index is 14.1. The average molecular weight is 366 g/mol. The number of anilines is 2. The molecule has 0 atom stereocenters. The Hall–Kier alpha value is -3.75. The van der Waals surface area contributed by atoms with Gasteiger partial charge in [-0.1, -0.05) is 0 Å². The molecule has 0 radical (unpaired) electrons. The largest absolute Gasteiger partial charge is 0.319 e. The molecule has 0 spiro atoms. The highest BCUT2D eigenvalue weighted by Crippen LogP contribution is 2.26. The van der Waals surface area contributed by atoms with Gasteiger partial charge in [0, 0.05) is 30.0 Å². The molecule has 27 heavy (non-hydrogen) atoms. The number of aromatic amines is 1. The van der Waals surface area contributed by atoms with Crippen LogP contribution in [0.4, 0.5) is 20.4 Å². The Morgan fingerprint density at radius 3 is 2.63 bits per heavy atom. The SMILES string of the molecule is O=c1cc(CN(c2ccncn2)c2cnccn2)c2ccc(F)c(F)c2[nH]1. The molecular weight excluding hydrogens is 354 g/mol. The molecule has 1 N–H and O–H groups in total. The average Bonchev–Trinajstić information content (AvgIpc) is 2.70. The van der Waals surface area contributed by atoms with E-state index in [4.69, 9.17) is 0 Å². The highest BCUT2D eigenvalue weighted by molar-refractivity contribution is 5.83. The first-order valence-corrected chi connectivity index (χ1v) is 7.93. The minimum atomic E-state index is -1.10. The van der Waals surface area contributed by atoms with Crippen molar-refractivity contribution in [2.24, 2.45) is 0 Å². The van der Waals surface area contributed by atoms with E-state index in [1.165, 1.54) is 37.1 Å². The molecule has 0 unspecified atom stereocenters. The van der Waals surface area contributed by atoms with Crippen LogP contribution in [0, 0.1) is 11.6 Å². The summed E-state index contributed by atoms with van der Waals surface area (Å²) < 4.78 is 27.7. The van der Waals surface area contributed by atoms with E-state index in [-0.39, 0.29) is 12.1 Å². The topological polar surface area (TPSA) is 87.7 Å². The van der Waals surface area contributed by atoms with Gasteiger partial charge in [0.05, 0.1) is 18.3 Å². The molecule has 1 aromatic carbocycles. The number of nitrogens with one attached hydrogen (secondary N) is 1. The molecule has 4 rings (SSSR count). The van der Waals surface area contributed by atoms with Crippen molar-refractivity contribution >= 4 is 22.5 Å². The second-order valence-electron chi connectivity index (χ2n) is 5.66. The quantitative estimate of drug-likeness (QED) is 0.598. The molecule has 9 heteroatoms. The molecule has 4 aromatic rings. The van der Waals surface area contributed by atoms with Crippen LogP contribution in [0.2, 0.25) is 0 Å². The van der Waals surface area contributed by atoms with Gasteiger partial charge in [-0.3, -0.25) is 9.78 Å². The molecule has 0 amide bonds. The second kappa shape index (κ2) is 6.87. The number of halogens is 2. The highest BCUT2D eigenvalue weighted by atomic mass is 19.2. The van der Waals surface area contributed by atoms with Crippen molar-refractivity contribution in [2.45, 2.75) is 6.54 Å². The van der Waals surface area contributed by atoms with Crippen molar-refractivity contribution in [3.63, 3.8) is 0 Å². The van der Waals surface area contributed by atoms with Crippen LogP contribution in [-0.2, 0) is 6.54 Å². The normalized spacial score (nSPS) is 10.9. The summed E-state index contributed by atoms with van der Waals surface area (Å²) in [6.45, 7) is 0.140. The number of benzene rings is 1. The first-order chi connectivity index (χ1) is 13.1. The Kier molecular flexibility index (Phi) is 4.25. The number of rotatable bonds is 4. The summed E-state index contributed by atoms with van der Waals surface area (Å²) in [6.07, 6.45) is 7.54. The zero-order valence-electron chi connectivity index (χ0n) is 13.8. The fourth-order valence-electron chi connectivity index (χ4n) is 2.79. The molecule has 0 aliphatic rings. The molecule has 3 aromatic heterocycles. The van der Waals surface area contributed by atoms with E-state index >= 15 is 0 Å². The van der Waals surface area contributed by atoms with Crippen LogP contribution in [0.1, 0.15) is 5.56 Å². The molecule has 0 saturated heterocycles. The van der Waals surface area contributed by atoms with E-state index in [9.17, 15) is 13.6 Å². The third-order valence-corrected chi connectivity index (χ3v) is 3.99. The Morgan fingerprint density at radius 2 is 1.89 bits per heavy atom. The minimum absolute atomic E-state index is 0.140. The summed E-state index contributed by atoms with van der Waals surface area (Å²) in [5.41, 5.74) is -0.236. The Labute approximate surface area is 151 Å². The van der Waals surface area contributed by atoms with Gasteiger partial charge < -0.3 is 9.88 Å². The predicted molar refractivity (Wildman–Crippen MR) is 94.4 cm³/mol. The molecule has 0 saturated carbocycles. The van der Waals surface area contributed by atoms with Crippen LogP contribution in [-0.4, -0.2) is 24.9 Å². The van der Waals surface area contributed by atoms with Crippen molar-refractivity contribution in [1.29, 1.82) is 0 Å². The standard InChI is InChI=1S/C18H12F2N6O/c19-13-2-1-12-11(7-16(27)25-18(12)17(13)20)9-26(14-3-4-22-10-24-14)15-8-21-5-6-23-15/h1-8,10H,9H2,(H,25,27). The van der Waals surface area contributed by atoms with E-state index in [0.29, 0.717) is 22.6 Å². The molecule has 0 aliphatic carbocycles. The number of H-pyrrole nitrogens is 1. The molecule has 134 valence electrons. The number of pyridine rings is 1. The van der Waals surface area contributed by atoms with Gasteiger partial charge in [-0.05, 0) is 23.8 Å². The van der Waals surface area contributed by atoms with Crippen LogP contribution in [0.3, 0.4) is 0 Å². The zero-order valence-corrected chi connectivity index (χ0v) is 13.8. The van der Waals surface area contributed by atoms with E-state index in [1.807, 2.05) is 0 Å². The lowest BCUT2D eigenvalue weighted by atomic mass is 10.1. The first-order valence-electron chi connectivity index (χ1n) is 7.93. The Morgan fingerprint density at radius 1 is 1.00 bits per heavy atom. The summed E-state index contributed by atoms with van der Waals surface area (Å²) in [4.78, 5) is 32.5. The summed E-state index contributed by atoms with van der Waals surface area (Å²) in [7, 11) is 0. The van der Waals surface area contributed by atoms with Crippen molar-refractivity contribution in [3.8, 4) is 0 Å². The van der Waals surface area contributed by atoms with Gasteiger partial charge in [0.1, 0.15) is 12.1 Å². The lowest BCUT2D eigenvalue weighted by molar-refractivity contribution is 0.515. The molecular formula is C18H12F2N6O. The van der Waals surface area contributed by atoms with Crippen molar-refractivity contribution < 1.29 is 8.78 Å². The van der Waals surface area contributed by atoms with Crippen LogP contribution in [0.5, 0.6) is 0 Å². The fraction of sp³-hybridized carbons (Fsp3) is 0.0556. The number of hydrogen-bond donors (Lipinski definition) is 1. The van der Waals surface area contributed by atoms with Gasteiger partial charge in [0.25, 0.3) is 0 Å². The van der Waals surface area contributed by atoms with Gasteiger partial charge in [-0.2, -0.15) is 0 Å². The molecule has 7 nitrogen and oxygen atoms in total. The number of fused-ring (bicyclic) bond motifs is 1. The lowest BCUT2D eigenvalue weighted by Crippen LogP contribution is -2.21. The maximum atomic E-state index is 14.1. The highest BCUT2D eigenvalue weighted by Gasteiger charge is 2.17. The van der Waals surface area contributed by atoms with Crippen LogP contribution >= 0.6 is 0 Å². The van der Waals surface area contributed by atoms with E-state index in [1.54, 1.807) is 17.2 Å². The van der Waals surface area contributed by atoms with Gasteiger partial charge in [0.2, 0.25) is 5.56 Å². The van der Waals surface area contributed by atoms with Gasteiger partial charge in [0.15, 0.2) is 17.5 Å². The summed E-state index contributed by atoms with van der Waals surface area (Å²) >= 11 is 0. The summed E-state index contributed by atoms with van der Waals surface area (Å²) in [5, 5.41) is 0.386. The molecule has 0 aliphatic heterocycles. The minimum Gasteiger partial charge on any atom is -0.319 e. The number of nitrogens with zero attached hydrogens (tertiary/aromatic N) is 5. The molecule has 0 bridgehead atoms.